The molecule has 0 spiro atoms. The first-order chi connectivity index (χ1) is 10.1. The minimum atomic E-state index is 0.116. The predicted octanol–water partition coefficient (Wildman–Crippen LogP) is 3.93. The molecule has 1 aromatic rings. The Kier molecular flexibility index (Phi) is 5.70. The smallest absolute Gasteiger partial charge is 0.120 e. The Labute approximate surface area is 128 Å². The summed E-state index contributed by atoms with van der Waals surface area (Å²) in [5.41, 5.74) is 2.15. The summed E-state index contributed by atoms with van der Waals surface area (Å²) in [4.78, 5) is 0. The number of hydrogen-bond donors (Lipinski definition) is 1. The number of aliphatic hydroxyl groups excluding tert-OH is 1. The third-order valence-electron chi connectivity index (χ3n) is 4.10. The van der Waals surface area contributed by atoms with Gasteiger partial charge in [-0.15, -0.1) is 0 Å². The number of ether oxygens (including phenoxy) is 1. The molecule has 0 aromatic heterocycles. The summed E-state index contributed by atoms with van der Waals surface area (Å²) in [6, 6.07) is 6.11. The van der Waals surface area contributed by atoms with Crippen LogP contribution in [-0.2, 0) is 0 Å². The summed E-state index contributed by atoms with van der Waals surface area (Å²) in [5.74, 6) is 8.51. The van der Waals surface area contributed by atoms with E-state index in [4.69, 9.17) is 9.84 Å². The van der Waals surface area contributed by atoms with Crippen molar-refractivity contribution in [3.05, 3.63) is 29.3 Å². The van der Waals surface area contributed by atoms with E-state index in [2.05, 4.69) is 38.7 Å². The van der Waals surface area contributed by atoms with Gasteiger partial charge >= 0.3 is 0 Å². The van der Waals surface area contributed by atoms with Crippen LogP contribution < -0.4 is 4.74 Å². The van der Waals surface area contributed by atoms with Gasteiger partial charge in [0.15, 0.2) is 0 Å². The zero-order chi connectivity index (χ0) is 15.2. The molecule has 0 saturated heterocycles. The van der Waals surface area contributed by atoms with Crippen molar-refractivity contribution in [1.82, 2.24) is 0 Å². The van der Waals surface area contributed by atoms with Crippen LogP contribution in [0.4, 0.5) is 0 Å². The van der Waals surface area contributed by atoms with Crippen LogP contribution in [0.5, 0.6) is 5.75 Å². The van der Waals surface area contributed by atoms with Crippen molar-refractivity contribution in [2.75, 3.05) is 6.61 Å². The Bertz CT molecular complexity index is 514. The number of aliphatic hydroxyl groups is 1. The highest BCUT2D eigenvalue weighted by molar-refractivity contribution is 5.44. The number of aryl methyl sites for hydroxylation is 1. The first-order valence-corrected chi connectivity index (χ1v) is 7.95. The lowest BCUT2D eigenvalue weighted by Gasteiger charge is -2.31. The van der Waals surface area contributed by atoms with Crippen molar-refractivity contribution >= 4 is 0 Å². The summed E-state index contributed by atoms with van der Waals surface area (Å²) in [7, 11) is 0. The zero-order valence-corrected chi connectivity index (χ0v) is 13.4. The molecule has 1 saturated carbocycles. The lowest BCUT2D eigenvalue weighted by molar-refractivity contribution is 0.101. The van der Waals surface area contributed by atoms with E-state index in [9.17, 15) is 0 Å². The van der Waals surface area contributed by atoms with Gasteiger partial charge in [0, 0.05) is 12.0 Å². The van der Waals surface area contributed by atoms with Gasteiger partial charge in [-0.3, -0.25) is 0 Å². The van der Waals surface area contributed by atoms with E-state index >= 15 is 0 Å². The highest BCUT2D eigenvalue weighted by atomic mass is 16.5. The third-order valence-corrected chi connectivity index (χ3v) is 4.10. The van der Waals surface area contributed by atoms with Crippen LogP contribution in [0.3, 0.4) is 0 Å². The van der Waals surface area contributed by atoms with Crippen LogP contribution in [0.2, 0.25) is 0 Å². The molecule has 0 aliphatic heterocycles. The van der Waals surface area contributed by atoms with E-state index in [1.807, 2.05) is 12.1 Å². The average Bonchev–Trinajstić information content (AvgIpc) is 2.40. The molecular weight excluding hydrogens is 260 g/mol. The molecule has 114 valence electrons. The molecule has 1 fully saturated rings. The maximum Gasteiger partial charge on any atom is 0.120 e. The van der Waals surface area contributed by atoms with Gasteiger partial charge in [-0.1, -0.05) is 25.7 Å². The second-order valence-electron chi connectivity index (χ2n) is 6.41. The quantitative estimate of drug-likeness (QED) is 0.853. The lowest BCUT2D eigenvalue weighted by Crippen LogP contribution is -2.28. The van der Waals surface area contributed by atoms with Gasteiger partial charge in [-0.05, 0) is 61.8 Å². The van der Waals surface area contributed by atoms with Gasteiger partial charge in [0.25, 0.3) is 0 Å². The first-order valence-electron chi connectivity index (χ1n) is 7.95. The molecule has 1 aromatic carbocycles. The van der Waals surface area contributed by atoms with Crippen molar-refractivity contribution < 1.29 is 9.84 Å². The molecule has 2 atom stereocenters. The highest BCUT2D eigenvalue weighted by Gasteiger charge is 2.25. The monoisotopic (exact) mass is 286 g/mol. The van der Waals surface area contributed by atoms with Gasteiger partial charge in [-0.2, -0.15) is 0 Å². The van der Waals surface area contributed by atoms with Crippen LogP contribution in [-0.4, -0.2) is 17.8 Å². The Hall–Kier alpha value is -1.46. The molecule has 0 heterocycles. The SMILES string of the molecule is Cc1cc(OC2CC(C)CC(C)C2)ccc1C#CCCO. The van der Waals surface area contributed by atoms with Gasteiger partial charge in [-0.25, -0.2) is 0 Å². The van der Waals surface area contributed by atoms with Gasteiger partial charge in [0.1, 0.15) is 5.75 Å². The molecular formula is C19H26O2. The lowest BCUT2D eigenvalue weighted by atomic mass is 9.82. The summed E-state index contributed by atoms with van der Waals surface area (Å²) < 4.78 is 6.17. The van der Waals surface area contributed by atoms with Crippen molar-refractivity contribution in [1.29, 1.82) is 0 Å². The van der Waals surface area contributed by atoms with Crippen LogP contribution >= 0.6 is 0 Å². The maximum atomic E-state index is 8.76. The fourth-order valence-corrected chi connectivity index (χ4v) is 3.23. The van der Waals surface area contributed by atoms with E-state index in [-0.39, 0.29) is 6.61 Å². The van der Waals surface area contributed by atoms with E-state index < -0.39 is 0 Å². The molecule has 1 aliphatic carbocycles. The fraction of sp³-hybridized carbons (Fsp3) is 0.579. The summed E-state index contributed by atoms with van der Waals surface area (Å²) in [6.45, 7) is 6.81. The van der Waals surface area contributed by atoms with E-state index in [0.29, 0.717) is 12.5 Å². The molecule has 21 heavy (non-hydrogen) atoms. The molecule has 0 amide bonds. The van der Waals surface area contributed by atoms with Gasteiger partial charge < -0.3 is 9.84 Å². The molecule has 2 heteroatoms. The minimum Gasteiger partial charge on any atom is -0.490 e. The minimum absolute atomic E-state index is 0.116. The second-order valence-corrected chi connectivity index (χ2v) is 6.41. The Morgan fingerprint density at radius 3 is 2.52 bits per heavy atom. The fourth-order valence-electron chi connectivity index (χ4n) is 3.23. The average molecular weight is 286 g/mol. The normalized spacial score (nSPS) is 25.0. The summed E-state index contributed by atoms with van der Waals surface area (Å²) in [5, 5.41) is 8.76. The van der Waals surface area contributed by atoms with Crippen LogP contribution in [0.15, 0.2) is 18.2 Å². The van der Waals surface area contributed by atoms with Crippen molar-refractivity contribution in [2.24, 2.45) is 11.8 Å². The van der Waals surface area contributed by atoms with Crippen LogP contribution in [0, 0.1) is 30.6 Å². The van der Waals surface area contributed by atoms with E-state index in [0.717, 1.165) is 41.6 Å². The van der Waals surface area contributed by atoms with E-state index in [1.54, 1.807) is 0 Å². The van der Waals surface area contributed by atoms with Gasteiger partial charge in [0.2, 0.25) is 0 Å². The first kappa shape index (κ1) is 15.9. The topological polar surface area (TPSA) is 29.5 Å². The second kappa shape index (κ2) is 7.52. The Morgan fingerprint density at radius 2 is 1.90 bits per heavy atom. The molecule has 0 radical (unpaired) electrons. The van der Waals surface area contributed by atoms with Crippen LogP contribution in [0.1, 0.15) is 50.7 Å². The molecule has 1 N–H and O–H groups in total. The maximum absolute atomic E-state index is 8.76. The van der Waals surface area contributed by atoms with Crippen molar-refractivity contribution in [2.45, 2.75) is 52.6 Å². The van der Waals surface area contributed by atoms with Gasteiger partial charge in [0.05, 0.1) is 12.7 Å². The Morgan fingerprint density at radius 1 is 1.19 bits per heavy atom. The van der Waals surface area contributed by atoms with Crippen molar-refractivity contribution in [3.8, 4) is 17.6 Å². The summed E-state index contributed by atoms with van der Waals surface area (Å²) in [6.07, 6.45) is 4.49. The third kappa shape index (κ3) is 4.79. The molecule has 2 rings (SSSR count). The molecule has 0 bridgehead atoms. The van der Waals surface area contributed by atoms with E-state index in [1.165, 1.54) is 6.42 Å². The van der Waals surface area contributed by atoms with Crippen molar-refractivity contribution in [3.63, 3.8) is 0 Å². The standard InChI is InChI=1S/C19H26O2/c1-14-10-15(2)12-19(11-14)21-18-8-7-17(16(3)13-18)6-4-5-9-20/h7-8,13-15,19-20H,5,9-12H2,1-3H3. The number of rotatable bonds is 3. The molecule has 1 aliphatic rings. The Balaban J connectivity index is 2.02. The molecule has 2 unspecified atom stereocenters. The molecule has 2 nitrogen and oxygen atoms in total. The largest absolute Gasteiger partial charge is 0.490 e. The zero-order valence-electron chi connectivity index (χ0n) is 13.4. The number of hydrogen-bond acceptors (Lipinski definition) is 2. The summed E-state index contributed by atoms with van der Waals surface area (Å²) >= 11 is 0. The van der Waals surface area contributed by atoms with Crippen LogP contribution in [0.25, 0.3) is 0 Å². The predicted molar refractivity (Wildman–Crippen MR) is 86.4 cm³/mol. The number of benzene rings is 1. The highest BCUT2D eigenvalue weighted by Crippen LogP contribution is 2.31.